The largest absolute Gasteiger partial charge is 0.325 e. The van der Waals surface area contributed by atoms with Gasteiger partial charge in [-0.2, -0.15) is 0 Å². The van der Waals surface area contributed by atoms with E-state index in [2.05, 4.69) is 15.0 Å². The summed E-state index contributed by atoms with van der Waals surface area (Å²) in [6.07, 6.45) is -0.337. The Morgan fingerprint density at radius 3 is 2.89 bits per heavy atom. The van der Waals surface area contributed by atoms with Crippen LogP contribution >= 0.6 is 23.5 Å². The molecule has 1 aliphatic heterocycles. The van der Waals surface area contributed by atoms with Crippen molar-refractivity contribution in [2.75, 3.05) is 5.32 Å². The Balaban J connectivity index is 1.72. The van der Waals surface area contributed by atoms with E-state index in [0.29, 0.717) is 11.0 Å². The summed E-state index contributed by atoms with van der Waals surface area (Å²) in [7, 11) is 0. The van der Waals surface area contributed by atoms with Crippen molar-refractivity contribution in [3.05, 3.63) is 23.2 Å². The van der Waals surface area contributed by atoms with Gasteiger partial charge in [-0.1, -0.05) is 11.6 Å². The number of benzene rings is 1. The Morgan fingerprint density at radius 1 is 1.39 bits per heavy atom. The second-order valence-electron chi connectivity index (χ2n) is 4.37. The number of rotatable bonds is 1. The highest BCUT2D eigenvalue weighted by Gasteiger charge is 2.45. The van der Waals surface area contributed by atoms with Crippen molar-refractivity contribution in [2.24, 2.45) is 4.99 Å². The van der Waals surface area contributed by atoms with Crippen molar-refractivity contribution in [2.45, 2.75) is 29.7 Å². The standard InChI is InChI=1S/C11H10ClF2N3S/c12-6-1-2-8-9(3-6)18-17-10(16-8)15-7-4-11(13,14)5-7/h1-3,7H,4-5H2,(H2,15,16,17). The minimum absolute atomic E-state index is 0.169. The molecular weight excluding hydrogens is 280 g/mol. The van der Waals surface area contributed by atoms with E-state index in [-0.39, 0.29) is 18.9 Å². The van der Waals surface area contributed by atoms with Gasteiger partial charge >= 0.3 is 0 Å². The van der Waals surface area contributed by atoms with Crippen LogP contribution in [0.5, 0.6) is 0 Å². The second-order valence-corrected chi connectivity index (χ2v) is 5.65. The number of hydrogen-bond acceptors (Lipinski definition) is 2. The maximum atomic E-state index is 12.7. The smallest absolute Gasteiger partial charge is 0.252 e. The molecule has 3 rings (SSSR count). The molecule has 1 fully saturated rings. The number of anilines is 1. The van der Waals surface area contributed by atoms with Gasteiger partial charge in [0, 0.05) is 17.9 Å². The molecule has 0 bridgehead atoms. The number of aliphatic imine (C=N–C) groups is 1. The van der Waals surface area contributed by atoms with E-state index in [0.717, 1.165) is 10.6 Å². The lowest BCUT2D eigenvalue weighted by Gasteiger charge is -2.33. The zero-order valence-corrected chi connectivity index (χ0v) is 10.8. The quantitative estimate of drug-likeness (QED) is 0.777. The van der Waals surface area contributed by atoms with E-state index < -0.39 is 5.92 Å². The summed E-state index contributed by atoms with van der Waals surface area (Å²) < 4.78 is 28.4. The van der Waals surface area contributed by atoms with Crippen LogP contribution in [-0.4, -0.2) is 17.9 Å². The maximum Gasteiger partial charge on any atom is 0.252 e. The fraction of sp³-hybridized carbons (Fsp3) is 0.364. The molecule has 7 heteroatoms. The molecule has 0 spiro atoms. The number of alkyl halides is 2. The van der Waals surface area contributed by atoms with Crippen LogP contribution in [0.25, 0.3) is 0 Å². The van der Waals surface area contributed by atoms with Crippen molar-refractivity contribution >= 4 is 35.2 Å². The molecule has 18 heavy (non-hydrogen) atoms. The summed E-state index contributed by atoms with van der Waals surface area (Å²) in [5, 5.41) is 3.72. The number of hydrogen-bond donors (Lipinski definition) is 2. The minimum atomic E-state index is -2.54. The number of halogens is 3. The Hall–Kier alpha value is -1.01. The summed E-state index contributed by atoms with van der Waals surface area (Å²) >= 11 is 7.25. The summed E-state index contributed by atoms with van der Waals surface area (Å²) in [4.78, 5) is 5.18. The van der Waals surface area contributed by atoms with Gasteiger partial charge in [-0.15, -0.1) is 0 Å². The minimum Gasteiger partial charge on any atom is -0.325 e. The van der Waals surface area contributed by atoms with Gasteiger partial charge in [0.2, 0.25) is 5.96 Å². The lowest BCUT2D eigenvalue weighted by Crippen LogP contribution is -2.41. The van der Waals surface area contributed by atoms with Crippen LogP contribution in [0.3, 0.4) is 0 Å². The topological polar surface area (TPSA) is 36.4 Å². The second kappa shape index (κ2) is 4.28. The van der Waals surface area contributed by atoms with Crippen molar-refractivity contribution in [1.82, 2.24) is 4.72 Å². The number of guanidine groups is 1. The normalized spacial score (nSPS) is 23.8. The van der Waals surface area contributed by atoms with E-state index in [9.17, 15) is 8.78 Å². The fourth-order valence-corrected chi connectivity index (χ4v) is 2.86. The summed E-state index contributed by atoms with van der Waals surface area (Å²) in [6.45, 7) is 0. The average Bonchev–Trinajstić information content (AvgIpc) is 2.27. The van der Waals surface area contributed by atoms with Crippen molar-refractivity contribution in [3.8, 4) is 0 Å². The molecule has 3 nitrogen and oxygen atoms in total. The van der Waals surface area contributed by atoms with Gasteiger partial charge in [0.05, 0.1) is 16.6 Å². The third-order valence-electron chi connectivity index (χ3n) is 2.83. The van der Waals surface area contributed by atoms with Crippen molar-refractivity contribution in [3.63, 3.8) is 0 Å². The maximum absolute atomic E-state index is 12.7. The van der Waals surface area contributed by atoms with Crippen LogP contribution in [0.4, 0.5) is 14.5 Å². The number of fused-ring (bicyclic) bond motifs is 1. The first-order chi connectivity index (χ1) is 8.52. The Labute approximate surface area is 112 Å². The van der Waals surface area contributed by atoms with Gasteiger partial charge in [-0.3, -0.25) is 4.72 Å². The first kappa shape index (κ1) is 12.0. The van der Waals surface area contributed by atoms with Gasteiger partial charge < -0.3 is 5.32 Å². The first-order valence-electron chi connectivity index (χ1n) is 5.47. The van der Waals surface area contributed by atoms with Crippen molar-refractivity contribution in [1.29, 1.82) is 0 Å². The predicted molar refractivity (Wildman–Crippen MR) is 69.5 cm³/mol. The molecule has 1 aromatic rings. The van der Waals surface area contributed by atoms with Gasteiger partial charge in [0.15, 0.2) is 0 Å². The molecule has 0 atom stereocenters. The van der Waals surface area contributed by atoms with Crippen LogP contribution in [0.2, 0.25) is 5.02 Å². The summed E-state index contributed by atoms with van der Waals surface area (Å²) in [5.74, 6) is -2.02. The van der Waals surface area contributed by atoms with Gasteiger partial charge in [0.1, 0.15) is 0 Å². The van der Waals surface area contributed by atoms with Crippen LogP contribution < -0.4 is 10.0 Å². The van der Waals surface area contributed by atoms with Crippen LogP contribution in [0.15, 0.2) is 28.1 Å². The van der Waals surface area contributed by atoms with E-state index in [1.54, 1.807) is 6.07 Å². The van der Waals surface area contributed by atoms with E-state index in [1.807, 2.05) is 12.1 Å². The first-order valence-corrected chi connectivity index (χ1v) is 6.66. The summed E-state index contributed by atoms with van der Waals surface area (Å²) in [5.41, 5.74) is 0.882. The third kappa shape index (κ3) is 2.40. The molecule has 1 aromatic carbocycles. The number of nitrogens with one attached hydrogen (secondary N) is 2. The molecule has 0 aromatic heterocycles. The van der Waals surface area contributed by atoms with Gasteiger partial charge in [0.25, 0.3) is 5.92 Å². The molecule has 96 valence electrons. The lowest BCUT2D eigenvalue weighted by molar-refractivity contribution is -0.0834. The molecule has 0 amide bonds. The lowest BCUT2D eigenvalue weighted by atomic mass is 9.89. The SMILES string of the molecule is FC1(F)CC(N=C2NSc3cc(Cl)ccc3N2)C1. The monoisotopic (exact) mass is 289 g/mol. The third-order valence-corrected chi connectivity index (χ3v) is 3.92. The molecule has 1 saturated carbocycles. The van der Waals surface area contributed by atoms with Crippen LogP contribution in [0, 0.1) is 0 Å². The summed E-state index contributed by atoms with van der Waals surface area (Å²) in [6, 6.07) is 5.14. The van der Waals surface area contributed by atoms with Gasteiger partial charge in [-0.05, 0) is 30.1 Å². The van der Waals surface area contributed by atoms with E-state index in [4.69, 9.17) is 11.6 Å². The van der Waals surface area contributed by atoms with Crippen molar-refractivity contribution < 1.29 is 8.78 Å². The highest BCUT2D eigenvalue weighted by molar-refractivity contribution is 7.98. The molecule has 2 aliphatic rings. The molecule has 0 saturated heterocycles. The molecule has 0 radical (unpaired) electrons. The molecule has 1 heterocycles. The fourth-order valence-electron chi connectivity index (χ4n) is 1.90. The highest BCUT2D eigenvalue weighted by Crippen LogP contribution is 2.40. The number of nitrogens with zero attached hydrogens (tertiary/aromatic N) is 1. The Kier molecular flexibility index (Phi) is 2.86. The Morgan fingerprint density at radius 2 is 2.17 bits per heavy atom. The van der Waals surface area contributed by atoms with Gasteiger partial charge in [-0.25, -0.2) is 13.8 Å². The van der Waals surface area contributed by atoms with Crippen LogP contribution in [-0.2, 0) is 0 Å². The van der Waals surface area contributed by atoms with Crippen LogP contribution in [0.1, 0.15) is 12.8 Å². The van der Waals surface area contributed by atoms with E-state index >= 15 is 0 Å². The molecule has 0 unspecified atom stereocenters. The van der Waals surface area contributed by atoms with E-state index in [1.165, 1.54) is 11.9 Å². The predicted octanol–water partition coefficient (Wildman–Crippen LogP) is 3.52. The highest BCUT2D eigenvalue weighted by atomic mass is 35.5. The average molecular weight is 290 g/mol. The molecule has 1 aliphatic carbocycles. The zero-order valence-electron chi connectivity index (χ0n) is 9.21. The Bertz CT molecular complexity index is 513. The molecular formula is C11H10ClF2N3S. The zero-order chi connectivity index (χ0) is 12.8. The molecule has 2 N–H and O–H groups in total.